The zero-order valence-electron chi connectivity index (χ0n) is 7.57. The molecule has 0 aromatic carbocycles. The van der Waals surface area contributed by atoms with E-state index in [0.717, 1.165) is 0 Å². The molecule has 2 N–H and O–H groups in total. The predicted molar refractivity (Wildman–Crippen MR) is 45.3 cm³/mol. The van der Waals surface area contributed by atoms with Gasteiger partial charge >= 0.3 is 0 Å². The number of nitrogens with one attached hydrogen (secondary N) is 1. The van der Waals surface area contributed by atoms with E-state index in [2.05, 4.69) is 10.5 Å². The van der Waals surface area contributed by atoms with Gasteiger partial charge in [0.05, 0.1) is 12.3 Å². The molecule has 1 heterocycles. The van der Waals surface area contributed by atoms with Crippen molar-refractivity contribution in [3.63, 3.8) is 0 Å². The van der Waals surface area contributed by atoms with E-state index in [1.165, 1.54) is 6.20 Å². The molecule has 0 bridgehead atoms. The number of hydrogen-bond acceptors (Lipinski definition) is 4. The van der Waals surface area contributed by atoms with E-state index in [1.807, 2.05) is 0 Å². The highest BCUT2D eigenvalue weighted by molar-refractivity contribution is 5.92. The van der Waals surface area contributed by atoms with Crippen LogP contribution in [0.5, 0.6) is 0 Å². The van der Waals surface area contributed by atoms with Gasteiger partial charge in [0.1, 0.15) is 0 Å². The van der Waals surface area contributed by atoms with Crippen molar-refractivity contribution in [2.45, 2.75) is 20.0 Å². The van der Waals surface area contributed by atoms with Gasteiger partial charge in [0, 0.05) is 12.1 Å². The standard InChI is InChI=1S/C8H12N2O3/c1-5-3-10-13-7(5)8(12)9-4-6(2)11/h3,6,11H,4H2,1-2H3,(H,9,12)/t6-/m0/s1. The summed E-state index contributed by atoms with van der Waals surface area (Å²) in [7, 11) is 0. The van der Waals surface area contributed by atoms with Crippen LogP contribution in [0.1, 0.15) is 23.0 Å². The molecule has 1 rings (SSSR count). The Morgan fingerprint density at radius 3 is 3.00 bits per heavy atom. The van der Waals surface area contributed by atoms with Crippen LogP contribution in [0.4, 0.5) is 0 Å². The summed E-state index contributed by atoms with van der Waals surface area (Å²) >= 11 is 0. The lowest BCUT2D eigenvalue weighted by Crippen LogP contribution is -2.30. The number of rotatable bonds is 3. The van der Waals surface area contributed by atoms with Crippen LogP contribution < -0.4 is 5.32 Å². The topological polar surface area (TPSA) is 75.4 Å². The maximum Gasteiger partial charge on any atom is 0.290 e. The number of aryl methyl sites for hydroxylation is 1. The minimum atomic E-state index is -0.563. The highest BCUT2D eigenvalue weighted by atomic mass is 16.5. The Bertz CT molecular complexity index is 293. The smallest absolute Gasteiger partial charge is 0.290 e. The molecule has 0 aliphatic rings. The molecule has 0 saturated heterocycles. The lowest BCUT2D eigenvalue weighted by Gasteiger charge is -2.04. The minimum Gasteiger partial charge on any atom is -0.392 e. The molecular formula is C8H12N2O3. The van der Waals surface area contributed by atoms with E-state index < -0.39 is 6.10 Å². The van der Waals surface area contributed by atoms with Gasteiger partial charge in [0.2, 0.25) is 5.76 Å². The summed E-state index contributed by atoms with van der Waals surface area (Å²) in [5.74, 6) is -0.156. The summed E-state index contributed by atoms with van der Waals surface area (Å²) in [4.78, 5) is 11.3. The first-order valence-corrected chi connectivity index (χ1v) is 3.99. The van der Waals surface area contributed by atoms with Crippen LogP contribution in [-0.2, 0) is 0 Å². The molecule has 0 aliphatic carbocycles. The first-order chi connectivity index (χ1) is 6.11. The van der Waals surface area contributed by atoms with Crippen LogP contribution in [-0.4, -0.2) is 28.8 Å². The van der Waals surface area contributed by atoms with Crippen molar-refractivity contribution in [2.75, 3.05) is 6.54 Å². The van der Waals surface area contributed by atoms with Crippen molar-refractivity contribution in [3.05, 3.63) is 17.5 Å². The summed E-state index contributed by atoms with van der Waals surface area (Å²) < 4.78 is 4.71. The second kappa shape index (κ2) is 4.04. The van der Waals surface area contributed by atoms with Crippen molar-refractivity contribution in [1.82, 2.24) is 10.5 Å². The van der Waals surface area contributed by atoms with E-state index in [0.29, 0.717) is 5.56 Å². The normalized spacial score (nSPS) is 12.5. The van der Waals surface area contributed by atoms with E-state index >= 15 is 0 Å². The third-order valence-electron chi connectivity index (χ3n) is 1.51. The molecule has 0 radical (unpaired) electrons. The third-order valence-corrected chi connectivity index (χ3v) is 1.51. The predicted octanol–water partition coefficient (Wildman–Crippen LogP) is 0.0936. The lowest BCUT2D eigenvalue weighted by atomic mass is 10.3. The minimum absolute atomic E-state index is 0.195. The number of carbonyl (C=O) groups excluding carboxylic acids is 1. The average molecular weight is 184 g/mol. The lowest BCUT2D eigenvalue weighted by molar-refractivity contribution is 0.0886. The first-order valence-electron chi connectivity index (χ1n) is 3.99. The van der Waals surface area contributed by atoms with Crippen molar-refractivity contribution < 1.29 is 14.4 Å². The maximum absolute atomic E-state index is 11.3. The average Bonchev–Trinajstić information content (AvgIpc) is 2.47. The van der Waals surface area contributed by atoms with Crippen LogP contribution in [0.2, 0.25) is 0 Å². The van der Waals surface area contributed by atoms with Gasteiger partial charge in [-0.3, -0.25) is 4.79 Å². The Balaban J connectivity index is 2.54. The Hall–Kier alpha value is -1.36. The molecule has 0 spiro atoms. The molecule has 72 valence electrons. The van der Waals surface area contributed by atoms with Crippen LogP contribution in [0.25, 0.3) is 0 Å². The Labute approximate surface area is 75.7 Å². The van der Waals surface area contributed by atoms with E-state index in [-0.39, 0.29) is 18.2 Å². The number of carbonyl (C=O) groups is 1. The van der Waals surface area contributed by atoms with Crippen LogP contribution in [0.15, 0.2) is 10.7 Å². The van der Waals surface area contributed by atoms with Gasteiger partial charge in [-0.2, -0.15) is 0 Å². The molecule has 5 heteroatoms. The molecule has 1 aromatic rings. The Morgan fingerprint density at radius 1 is 1.85 bits per heavy atom. The number of aromatic nitrogens is 1. The zero-order chi connectivity index (χ0) is 9.84. The van der Waals surface area contributed by atoms with Gasteiger partial charge in [0.15, 0.2) is 0 Å². The summed E-state index contributed by atoms with van der Waals surface area (Å²) in [6.07, 6.45) is 0.907. The molecule has 1 aromatic heterocycles. The fourth-order valence-corrected chi connectivity index (χ4v) is 0.830. The number of hydrogen-bond donors (Lipinski definition) is 2. The van der Waals surface area contributed by atoms with E-state index in [9.17, 15) is 4.79 Å². The molecule has 0 saturated carbocycles. The summed E-state index contributed by atoms with van der Waals surface area (Å²) in [5, 5.41) is 14.9. The highest BCUT2D eigenvalue weighted by Gasteiger charge is 2.13. The molecule has 13 heavy (non-hydrogen) atoms. The van der Waals surface area contributed by atoms with Crippen LogP contribution in [0, 0.1) is 6.92 Å². The summed E-state index contributed by atoms with van der Waals surface area (Å²) in [5.41, 5.74) is 0.683. The Kier molecular flexibility index (Phi) is 3.02. The zero-order valence-corrected chi connectivity index (χ0v) is 7.57. The largest absolute Gasteiger partial charge is 0.392 e. The Morgan fingerprint density at radius 2 is 2.54 bits per heavy atom. The summed E-state index contributed by atoms with van der Waals surface area (Å²) in [6.45, 7) is 3.53. The molecule has 5 nitrogen and oxygen atoms in total. The first kappa shape index (κ1) is 9.73. The van der Waals surface area contributed by atoms with Crippen LogP contribution >= 0.6 is 0 Å². The third kappa shape index (κ3) is 2.55. The monoisotopic (exact) mass is 184 g/mol. The van der Waals surface area contributed by atoms with Gasteiger partial charge in [-0.25, -0.2) is 0 Å². The number of aliphatic hydroxyl groups is 1. The van der Waals surface area contributed by atoms with Gasteiger partial charge in [-0.15, -0.1) is 0 Å². The van der Waals surface area contributed by atoms with Gasteiger partial charge in [-0.05, 0) is 13.8 Å². The van der Waals surface area contributed by atoms with Crippen molar-refractivity contribution in [3.8, 4) is 0 Å². The quantitative estimate of drug-likeness (QED) is 0.698. The highest BCUT2D eigenvalue weighted by Crippen LogP contribution is 2.04. The molecular weight excluding hydrogens is 172 g/mol. The van der Waals surface area contributed by atoms with Gasteiger partial charge in [0.25, 0.3) is 5.91 Å². The van der Waals surface area contributed by atoms with Gasteiger partial charge in [-0.1, -0.05) is 5.16 Å². The molecule has 1 atom stereocenters. The van der Waals surface area contributed by atoms with Crippen molar-refractivity contribution >= 4 is 5.91 Å². The number of nitrogens with zero attached hydrogens (tertiary/aromatic N) is 1. The molecule has 0 aliphatic heterocycles. The second-order valence-electron chi connectivity index (χ2n) is 2.90. The van der Waals surface area contributed by atoms with Crippen molar-refractivity contribution in [1.29, 1.82) is 0 Å². The van der Waals surface area contributed by atoms with E-state index in [1.54, 1.807) is 13.8 Å². The van der Waals surface area contributed by atoms with Crippen molar-refractivity contribution in [2.24, 2.45) is 0 Å². The molecule has 1 amide bonds. The maximum atomic E-state index is 11.3. The number of amides is 1. The fourth-order valence-electron chi connectivity index (χ4n) is 0.830. The summed E-state index contributed by atoms with van der Waals surface area (Å²) in [6, 6.07) is 0. The SMILES string of the molecule is Cc1cnoc1C(=O)NC[C@H](C)O. The molecule has 0 fully saturated rings. The second-order valence-corrected chi connectivity index (χ2v) is 2.90. The van der Waals surface area contributed by atoms with Gasteiger partial charge < -0.3 is 14.9 Å². The van der Waals surface area contributed by atoms with Crippen LogP contribution in [0.3, 0.4) is 0 Å². The number of aliphatic hydroxyl groups excluding tert-OH is 1. The molecule has 0 unspecified atom stereocenters. The van der Waals surface area contributed by atoms with E-state index in [4.69, 9.17) is 9.63 Å². The fraction of sp³-hybridized carbons (Fsp3) is 0.500.